The Bertz CT molecular complexity index is 733. The number of nitrogens with one attached hydrogen (secondary N) is 1. The Balaban J connectivity index is 2.01. The number of rotatable bonds is 6. The first kappa shape index (κ1) is 16.9. The number of hydrogen-bond acceptors (Lipinski definition) is 3. The number of unbranched alkanes of at least 4 members (excludes halogenated alkanes) is 1. The average Bonchev–Trinajstić information content (AvgIpc) is 2.50. The number of carbonyl (C=O) groups excluding carboxylic acids is 1. The van der Waals surface area contributed by atoms with Gasteiger partial charge in [-0.25, -0.2) is 4.98 Å². The average molecular weight is 313 g/mol. The number of anilines is 1. The van der Waals surface area contributed by atoms with Gasteiger partial charge in [0.1, 0.15) is 12.4 Å². The highest BCUT2D eigenvalue weighted by atomic mass is 16.2. The lowest BCUT2D eigenvalue weighted by atomic mass is 10.1. The lowest BCUT2D eigenvalue weighted by molar-refractivity contribution is -0.116. The summed E-state index contributed by atoms with van der Waals surface area (Å²) in [6, 6.07) is 9.27. The van der Waals surface area contributed by atoms with Crippen molar-refractivity contribution in [2.45, 2.75) is 46.6 Å². The van der Waals surface area contributed by atoms with Crippen LogP contribution in [0.15, 0.2) is 35.1 Å². The van der Waals surface area contributed by atoms with Crippen molar-refractivity contribution in [3.8, 4) is 0 Å². The van der Waals surface area contributed by atoms with Crippen LogP contribution in [-0.4, -0.2) is 15.5 Å². The van der Waals surface area contributed by atoms with E-state index in [0.29, 0.717) is 11.5 Å². The zero-order valence-electron chi connectivity index (χ0n) is 13.9. The second-order valence-electron chi connectivity index (χ2n) is 5.72. The largest absolute Gasteiger partial charge is 0.325 e. The summed E-state index contributed by atoms with van der Waals surface area (Å²) in [6.45, 7) is 5.62. The molecule has 0 unspecified atom stereocenters. The molecule has 0 aliphatic carbocycles. The standard InChI is InChI=1S/C18H23N3O2/c1-4-5-6-15-7-9-16(10-8-15)20-17(22)12-21-14(3)19-13(2)11-18(21)23/h7-11H,4-6,12H2,1-3H3,(H,20,22). The summed E-state index contributed by atoms with van der Waals surface area (Å²) in [5.74, 6) is 0.308. The summed E-state index contributed by atoms with van der Waals surface area (Å²) in [4.78, 5) is 28.3. The molecule has 0 radical (unpaired) electrons. The molecule has 0 bridgehead atoms. The van der Waals surface area contributed by atoms with Crippen molar-refractivity contribution in [3.05, 3.63) is 57.8 Å². The van der Waals surface area contributed by atoms with Crippen LogP contribution in [-0.2, 0) is 17.8 Å². The molecule has 2 aromatic rings. The lowest BCUT2D eigenvalue weighted by Crippen LogP contribution is -2.29. The first-order valence-corrected chi connectivity index (χ1v) is 7.93. The molecule has 1 aromatic heterocycles. The number of hydrogen-bond donors (Lipinski definition) is 1. The van der Waals surface area contributed by atoms with Crippen molar-refractivity contribution in [1.29, 1.82) is 0 Å². The van der Waals surface area contributed by atoms with Crippen LogP contribution < -0.4 is 10.9 Å². The summed E-state index contributed by atoms with van der Waals surface area (Å²) in [6.07, 6.45) is 3.37. The van der Waals surface area contributed by atoms with Crippen LogP contribution in [0.5, 0.6) is 0 Å². The second-order valence-corrected chi connectivity index (χ2v) is 5.72. The third-order valence-corrected chi connectivity index (χ3v) is 3.69. The van der Waals surface area contributed by atoms with Gasteiger partial charge < -0.3 is 5.32 Å². The van der Waals surface area contributed by atoms with Crippen LogP contribution in [0.3, 0.4) is 0 Å². The second kappa shape index (κ2) is 7.72. The van der Waals surface area contributed by atoms with Crippen molar-refractivity contribution in [3.63, 3.8) is 0 Å². The Labute approximate surface area is 136 Å². The molecule has 0 fully saturated rings. The van der Waals surface area contributed by atoms with E-state index in [1.165, 1.54) is 16.2 Å². The van der Waals surface area contributed by atoms with Gasteiger partial charge in [-0.1, -0.05) is 25.5 Å². The first-order chi connectivity index (χ1) is 11.0. The highest BCUT2D eigenvalue weighted by Gasteiger charge is 2.09. The van der Waals surface area contributed by atoms with Gasteiger partial charge in [-0.15, -0.1) is 0 Å². The molecular weight excluding hydrogens is 290 g/mol. The van der Waals surface area contributed by atoms with Crippen LogP contribution in [0.4, 0.5) is 5.69 Å². The number of nitrogens with zero attached hydrogens (tertiary/aromatic N) is 2. The number of carbonyl (C=O) groups is 1. The third-order valence-electron chi connectivity index (χ3n) is 3.69. The van der Waals surface area contributed by atoms with Crippen molar-refractivity contribution in [1.82, 2.24) is 9.55 Å². The molecule has 1 heterocycles. The number of aryl methyl sites for hydroxylation is 3. The van der Waals surface area contributed by atoms with Gasteiger partial charge in [-0.05, 0) is 44.4 Å². The molecule has 0 aliphatic rings. The van der Waals surface area contributed by atoms with E-state index in [1.807, 2.05) is 24.3 Å². The smallest absolute Gasteiger partial charge is 0.254 e. The number of aromatic nitrogens is 2. The molecule has 0 spiro atoms. The Morgan fingerprint density at radius 2 is 1.91 bits per heavy atom. The van der Waals surface area contributed by atoms with Crippen molar-refractivity contribution in [2.75, 3.05) is 5.32 Å². The molecule has 1 aromatic carbocycles. The fourth-order valence-corrected chi connectivity index (χ4v) is 2.44. The predicted octanol–water partition coefficient (Wildman–Crippen LogP) is 2.84. The maximum absolute atomic E-state index is 12.1. The van der Waals surface area contributed by atoms with E-state index >= 15 is 0 Å². The molecule has 2 rings (SSSR count). The van der Waals surface area contributed by atoms with Gasteiger partial charge in [-0.3, -0.25) is 14.2 Å². The molecule has 0 saturated carbocycles. The van der Waals surface area contributed by atoms with E-state index in [4.69, 9.17) is 0 Å². The lowest BCUT2D eigenvalue weighted by Gasteiger charge is -2.10. The minimum absolute atomic E-state index is 0.0322. The monoisotopic (exact) mass is 313 g/mol. The number of benzene rings is 1. The molecule has 5 nitrogen and oxygen atoms in total. The van der Waals surface area contributed by atoms with E-state index in [2.05, 4.69) is 17.2 Å². The maximum Gasteiger partial charge on any atom is 0.254 e. The van der Waals surface area contributed by atoms with Crippen LogP contribution in [0.2, 0.25) is 0 Å². The summed E-state index contributed by atoms with van der Waals surface area (Å²) >= 11 is 0. The minimum Gasteiger partial charge on any atom is -0.325 e. The quantitative estimate of drug-likeness (QED) is 0.892. The highest BCUT2D eigenvalue weighted by molar-refractivity contribution is 5.90. The molecule has 0 aliphatic heterocycles. The summed E-state index contributed by atoms with van der Waals surface area (Å²) < 4.78 is 1.37. The zero-order valence-corrected chi connectivity index (χ0v) is 13.9. The molecular formula is C18H23N3O2. The Morgan fingerprint density at radius 1 is 1.22 bits per heavy atom. The third kappa shape index (κ3) is 4.77. The fraction of sp³-hybridized carbons (Fsp3) is 0.389. The van der Waals surface area contributed by atoms with E-state index in [-0.39, 0.29) is 18.0 Å². The maximum atomic E-state index is 12.1. The van der Waals surface area contributed by atoms with Gasteiger partial charge in [-0.2, -0.15) is 0 Å². The molecule has 122 valence electrons. The summed E-state index contributed by atoms with van der Waals surface area (Å²) in [5, 5.41) is 2.82. The Kier molecular flexibility index (Phi) is 5.68. The molecule has 5 heteroatoms. The van der Waals surface area contributed by atoms with Gasteiger partial charge >= 0.3 is 0 Å². The van der Waals surface area contributed by atoms with Crippen molar-refractivity contribution in [2.24, 2.45) is 0 Å². The number of amides is 1. The summed E-state index contributed by atoms with van der Waals surface area (Å²) in [5.41, 5.74) is 2.45. The predicted molar refractivity (Wildman–Crippen MR) is 91.7 cm³/mol. The van der Waals surface area contributed by atoms with Crippen molar-refractivity contribution >= 4 is 11.6 Å². The molecule has 23 heavy (non-hydrogen) atoms. The molecule has 0 atom stereocenters. The van der Waals surface area contributed by atoms with Gasteiger partial charge in [0.15, 0.2) is 0 Å². The zero-order chi connectivity index (χ0) is 16.8. The van der Waals surface area contributed by atoms with E-state index < -0.39 is 0 Å². The van der Waals surface area contributed by atoms with Crippen LogP contribution in [0, 0.1) is 13.8 Å². The highest BCUT2D eigenvalue weighted by Crippen LogP contribution is 2.12. The molecule has 1 amide bonds. The Morgan fingerprint density at radius 3 is 2.52 bits per heavy atom. The van der Waals surface area contributed by atoms with Gasteiger partial charge in [0.25, 0.3) is 5.56 Å². The van der Waals surface area contributed by atoms with Crippen LogP contribution >= 0.6 is 0 Å². The van der Waals surface area contributed by atoms with Gasteiger partial charge in [0.05, 0.1) is 0 Å². The Hall–Kier alpha value is -2.43. The van der Waals surface area contributed by atoms with Gasteiger partial charge in [0.2, 0.25) is 5.91 Å². The van der Waals surface area contributed by atoms with Gasteiger partial charge in [0, 0.05) is 17.4 Å². The SMILES string of the molecule is CCCCc1ccc(NC(=O)Cn2c(C)nc(C)cc2=O)cc1. The van der Waals surface area contributed by atoms with E-state index in [1.54, 1.807) is 13.8 Å². The summed E-state index contributed by atoms with van der Waals surface area (Å²) in [7, 11) is 0. The van der Waals surface area contributed by atoms with E-state index in [9.17, 15) is 9.59 Å². The molecule has 1 N–H and O–H groups in total. The normalized spacial score (nSPS) is 10.6. The minimum atomic E-state index is -0.234. The van der Waals surface area contributed by atoms with Crippen LogP contribution in [0.1, 0.15) is 36.8 Å². The van der Waals surface area contributed by atoms with Crippen molar-refractivity contribution < 1.29 is 4.79 Å². The topological polar surface area (TPSA) is 64.0 Å². The van der Waals surface area contributed by atoms with Crippen LogP contribution in [0.25, 0.3) is 0 Å². The van der Waals surface area contributed by atoms with E-state index in [0.717, 1.165) is 24.9 Å². The molecule has 0 saturated heterocycles. The first-order valence-electron chi connectivity index (χ1n) is 7.93. The fourth-order valence-electron chi connectivity index (χ4n) is 2.44.